The highest BCUT2D eigenvalue weighted by Gasteiger charge is 2.09. The van der Waals surface area contributed by atoms with Crippen LogP contribution in [0.3, 0.4) is 0 Å². The van der Waals surface area contributed by atoms with E-state index in [2.05, 4.69) is 36.5 Å². The summed E-state index contributed by atoms with van der Waals surface area (Å²) < 4.78 is 0. The number of benzene rings is 3. The van der Waals surface area contributed by atoms with Crippen molar-refractivity contribution in [2.24, 2.45) is 0 Å². The number of carbonyl (C=O) groups is 1. The molecule has 120 valence electrons. The van der Waals surface area contributed by atoms with Crippen molar-refractivity contribution in [2.75, 3.05) is 6.54 Å². The van der Waals surface area contributed by atoms with E-state index in [-0.39, 0.29) is 5.91 Å². The van der Waals surface area contributed by atoms with Gasteiger partial charge in [-0.1, -0.05) is 79.7 Å². The number of hydrogen-bond donors (Lipinski definition) is 1. The average molecular weight is 315 g/mol. The topological polar surface area (TPSA) is 29.1 Å². The van der Waals surface area contributed by atoms with E-state index in [0.717, 1.165) is 11.1 Å². The average Bonchev–Trinajstić information content (AvgIpc) is 2.67. The van der Waals surface area contributed by atoms with Crippen LogP contribution in [0.25, 0.3) is 11.1 Å². The fraction of sp³-hybridized carbons (Fsp3) is 0.136. The highest BCUT2D eigenvalue weighted by molar-refractivity contribution is 5.94. The van der Waals surface area contributed by atoms with Gasteiger partial charge in [0.15, 0.2) is 0 Å². The van der Waals surface area contributed by atoms with Crippen molar-refractivity contribution in [1.29, 1.82) is 0 Å². The van der Waals surface area contributed by atoms with E-state index in [0.29, 0.717) is 18.0 Å². The van der Waals surface area contributed by atoms with Crippen LogP contribution in [-0.4, -0.2) is 12.5 Å². The maximum absolute atomic E-state index is 12.3. The Kier molecular flexibility index (Phi) is 5.07. The van der Waals surface area contributed by atoms with Crippen LogP contribution in [-0.2, 0) is 0 Å². The third-order valence-corrected chi connectivity index (χ3v) is 4.19. The highest BCUT2D eigenvalue weighted by atomic mass is 16.1. The summed E-state index contributed by atoms with van der Waals surface area (Å²) in [6, 6.07) is 28.1. The monoisotopic (exact) mass is 315 g/mol. The van der Waals surface area contributed by atoms with Gasteiger partial charge in [0, 0.05) is 12.1 Å². The maximum Gasteiger partial charge on any atom is 0.251 e. The maximum atomic E-state index is 12.3. The fourth-order valence-corrected chi connectivity index (χ4v) is 2.69. The van der Waals surface area contributed by atoms with Gasteiger partial charge in [0.05, 0.1) is 0 Å². The van der Waals surface area contributed by atoms with E-state index in [4.69, 9.17) is 0 Å². The lowest BCUT2D eigenvalue weighted by Gasteiger charge is -2.13. The van der Waals surface area contributed by atoms with Crippen molar-refractivity contribution >= 4 is 5.91 Å². The second-order valence-corrected chi connectivity index (χ2v) is 5.97. The zero-order chi connectivity index (χ0) is 16.8. The molecule has 24 heavy (non-hydrogen) atoms. The minimum absolute atomic E-state index is 0.0302. The number of nitrogens with one attached hydrogen (secondary N) is 1. The summed E-state index contributed by atoms with van der Waals surface area (Å²) in [5.41, 5.74) is 4.19. The van der Waals surface area contributed by atoms with Gasteiger partial charge in [-0.2, -0.15) is 0 Å². The number of rotatable bonds is 5. The van der Waals surface area contributed by atoms with E-state index in [1.165, 1.54) is 5.56 Å². The molecule has 0 unspecified atom stereocenters. The minimum Gasteiger partial charge on any atom is -0.351 e. The van der Waals surface area contributed by atoms with Crippen molar-refractivity contribution < 1.29 is 4.79 Å². The summed E-state index contributed by atoms with van der Waals surface area (Å²) in [4.78, 5) is 12.3. The lowest BCUT2D eigenvalue weighted by molar-refractivity contribution is 0.0951. The van der Waals surface area contributed by atoms with Gasteiger partial charge in [0.2, 0.25) is 0 Å². The molecule has 2 nitrogen and oxygen atoms in total. The molecule has 3 aromatic rings. The predicted octanol–water partition coefficient (Wildman–Crippen LogP) is 4.89. The number of hydrogen-bond acceptors (Lipinski definition) is 1. The molecule has 1 atom stereocenters. The van der Waals surface area contributed by atoms with Crippen LogP contribution in [0.15, 0.2) is 84.9 Å². The summed E-state index contributed by atoms with van der Waals surface area (Å²) in [5.74, 6) is 0.260. The van der Waals surface area contributed by atoms with E-state index < -0.39 is 0 Å². The molecule has 3 rings (SSSR count). The van der Waals surface area contributed by atoms with Crippen LogP contribution in [0, 0.1) is 0 Å². The summed E-state index contributed by atoms with van der Waals surface area (Å²) in [7, 11) is 0. The Morgan fingerprint density at radius 2 is 1.33 bits per heavy atom. The molecule has 1 N–H and O–H groups in total. The van der Waals surface area contributed by atoms with E-state index in [1.807, 2.05) is 60.7 Å². The molecule has 0 radical (unpaired) electrons. The molecule has 0 aromatic heterocycles. The Morgan fingerprint density at radius 1 is 0.792 bits per heavy atom. The van der Waals surface area contributed by atoms with Gasteiger partial charge in [-0.25, -0.2) is 0 Å². The zero-order valence-electron chi connectivity index (χ0n) is 13.8. The second-order valence-electron chi connectivity index (χ2n) is 5.97. The van der Waals surface area contributed by atoms with Crippen molar-refractivity contribution in [1.82, 2.24) is 5.32 Å². The Hall–Kier alpha value is -2.87. The molecule has 0 aliphatic heterocycles. The van der Waals surface area contributed by atoms with E-state index in [1.54, 1.807) is 0 Å². The third kappa shape index (κ3) is 3.90. The molecule has 2 heteroatoms. The Labute approximate surface area is 143 Å². The van der Waals surface area contributed by atoms with Crippen LogP contribution >= 0.6 is 0 Å². The van der Waals surface area contributed by atoms with Crippen molar-refractivity contribution in [3.63, 3.8) is 0 Å². The molecular weight excluding hydrogens is 294 g/mol. The SMILES string of the molecule is C[C@@H](CNC(=O)c1ccc(-c2ccccc2)cc1)c1ccccc1. The molecule has 0 aliphatic rings. The molecule has 0 heterocycles. The quantitative estimate of drug-likeness (QED) is 0.714. The van der Waals surface area contributed by atoms with Gasteiger partial charge in [0.25, 0.3) is 5.91 Å². The molecule has 1 amide bonds. The zero-order valence-corrected chi connectivity index (χ0v) is 13.8. The van der Waals surface area contributed by atoms with Crippen molar-refractivity contribution in [2.45, 2.75) is 12.8 Å². The smallest absolute Gasteiger partial charge is 0.251 e. The molecule has 0 saturated heterocycles. The Bertz CT molecular complexity index is 779. The van der Waals surface area contributed by atoms with Crippen molar-refractivity contribution in [3.05, 3.63) is 96.1 Å². The molecular formula is C22H21NO. The van der Waals surface area contributed by atoms with Gasteiger partial charge < -0.3 is 5.32 Å². The van der Waals surface area contributed by atoms with E-state index in [9.17, 15) is 4.79 Å². The second kappa shape index (κ2) is 7.60. The first-order valence-corrected chi connectivity index (χ1v) is 8.22. The molecule has 0 saturated carbocycles. The van der Waals surface area contributed by atoms with Gasteiger partial charge in [0.1, 0.15) is 0 Å². The highest BCUT2D eigenvalue weighted by Crippen LogP contribution is 2.19. The first-order chi connectivity index (χ1) is 11.7. The van der Waals surface area contributed by atoms with Gasteiger partial charge in [-0.15, -0.1) is 0 Å². The standard InChI is InChI=1S/C22H21NO/c1-17(18-8-4-2-5-9-18)16-23-22(24)21-14-12-20(13-15-21)19-10-6-3-7-11-19/h2-15,17H,16H2,1H3,(H,23,24)/t17-/m0/s1. The summed E-state index contributed by atoms with van der Waals surface area (Å²) >= 11 is 0. The lowest BCUT2D eigenvalue weighted by atomic mass is 10.0. The summed E-state index contributed by atoms with van der Waals surface area (Å²) in [5, 5.41) is 3.02. The summed E-state index contributed by atoms with van der Waals surface area (Å²) in [6.07, 6.45) is 0. The normalized spacial score (nSPS) is 11.7. The first kappa shape index (κ1) is 16.0. The van der Waals surface area contributed by atoms with Gasteiger partial charge in [-0.3, -0.25) is 4.79 Å². The predicted molar refractivity (Wildman–Crippen MR) is 99.1 cm³/mol. The molecule has 0 aliphatic carbocycles. The molecule has 0 spiro atoms. The minimum atomic E-state index is -0.0302. The van der Waals surface area contributed by atoms with E-state index >= 15 is 0 Å². The Balaban J connectivity index is 1.61. The first-order valence-electron chi connectivity index (χ1n) is 8.22. The number of amides is 1. The third-order valence-electron chi connectivity index (χ3n) is 4.19. The van der Waals surface area contributed by atoms with Gasteiger partial charge >= 0.3 is 0 Å². The summed E-state index contributed by atoms with van der Waals surface area (Å²) in [6.45, 7) is 2.75. The number of carbonyl (C=O) groups excluding carboxylic acids is 1. The largest absolute Gasteiger partial charge is 0.351 e. The van der Waals surface area contributed by atoms with Crippen LogP contribution in [0.1, 0.15) is 28.8 Å². The molecule has 3 aromatic carbocycles. The van der Waals surface area contributed by atoms with Crippen LogP contribution < -0.4 is 5.32 Å². The van der Waals surface area contributed by atoms with Crippen LogP contribution in [0.5, 0.6) is 0 Å². The van der Waals surface area contributed by atoms with Crippen LogP contribution in [0.4, 0.5) is 0 Å². The van der Waals surface area contributed by atoms with Crippen LogP contribution in [0.2, 0.25) is 0 Å². The Morgan fingerprint density at radius 3 is 1.96 bits per heavy atom. The molecule has 0 bridgehead atoms. The fourth-order valence-electron chi connectivity index (χ4n) is 2.69. The van der Waals surface area contributed by atoms with Gasteiger partial charge in [-0.05, 0) is 34.7 Å². The molecule has 0 fully saturated rings. The van der Waals surface area contributed by atoms with Crippen molar-refractivity contribution in [3.8, 4) is 11.1 Å². The lowest BCUT2D eigenvalue weighted by Crippen LogP contribution is -2.27.